The number of piperazine rings is 1. The zero-order valence-electron chi connectivity index (χ0n) is 10.4. The number of aliphatic hydroxyl groups excluding tert-OH is 1. The Morgan fingerprint density at radius 1 is 1.29 bits per heavy atom. The van der Waals surface area contributed by atoms with Gasteiger partial charge < -0.3 is 15.0 Å². The summed E-state index contributed by atoms with van der Waals surface area (Å²) >= 11 is 0. The first-order valence-corrected chi connectivity index (χ1v) is 5.94. The second-order valence-corrected chi connectivity index (χ2v) is 4.14. The van der Waals surface area contributed by atoms with E-state index in [0.29, 0.717) is 13.1 Å². The van der Waals surface area contributed by atoms with Gasteiger partial charge in [-0.25, -0.2) is 0 Å². The molecule has 0 aromatic rings. The molecule has 1 aliphatic heterocycles. The SMILES string of the molecule is C=C/C=C(BN1CCN(C(O)O)CC1)\C=C/C. The minimum atomic E-state index is -1.32. The predicted octanol–water partition coefficient (Wildman–Crippen LogP) is -0.130. The lowest BCUT2D eigenvalue weighted by Gasteiger charge is -2.35. The van der Waals surface area contributed by atoms with E-state index < -0.39 is 6.41 Å². The monoisotopic (exact) mass is 236 g/mol. The maximum Gasteiger partial charge on any atom is 0.238 e. The fourth-order valence-corrected chi connectivity index (χ4v) is 1.94. The number of hydrogen-bond donors (Lipinski definition) is 2. The highest BCUT2D eigenvalue weighted by atomic mass is 16.5. The van der Waals surface area contributed by atoms with Crippen molar-refractivity contribution < 1.29 is 10.2 Å². The Labute approximate surface area is 104 Å². The second kappa shape index (κ2) is 7.45. The highest BCUT2D eigenvalue weighted by molar-refractivity contribution is 6.43. The molecule has 1 rings (SSSR count). The van der Waals surface area contributed by atoms with E-state index in [0.717, 1.165) is 20.5 Å². The van der Waals surface area contributed by atoms with E-state index in [4.69, 9.17) is 10.2 Å². The summed E-state index contributed by atoms with van der Waals surface area (Å²) in [6, 6.07) is 0. The van der Waals surface area contributed by atoms with Gasteiger partial charge in [0.05, 0.1) is 0 Å². The molecule has 1 heterocycles. The Hall–Kier alpha value is -0.875. The van der Waals surface area contributed by atoms with Crippen LogP contribution in [-0.2, 0) is 0 Å². The summed E-state index contributed by atoms with van der Waals surface area (Å²) < 4.78 is 0. The van der Waals surface area contributed by atoms with Crippen LogP contribution in [0.1, 0.15) is 6.92 Å². The molecule has 5 heteroatoms. The van der Waals surface area contributed by atoms with Crippen molar-refractivity contribution in [2.75, 3.05) is 26.2 Å². The van der Waals surface area contributed by atoms with Gasteiger partial charge in [0, 0.05) is 26.2 Å². The highest BCUT2D eigenvalue weighted by Crippen LogP contribution is 2.06. The fraction of sp³-hybridized carbons (Fsp3) is 0.500. The molecule has 1 fully saturated rings. The molecule has 1 aliphatic rings. The van der Waals surface area contributed by atoms with Crippen LogP contribution < -0.4 is 0 Å². The van der Waals surface area contributed by atoms with Crippen LogP contribution in [0.4, 0.5) is 0 Å². The molecule has 0 saturated carbocycles. The lowest BCUT2D eigenvalue weighted by molar-refractivity contribution is -0.161. The van der Waals surface area contributed by atoms with Gasteiger partial charge in [-0.05, 0) is 6.92 Å². The quantitative estimate of drug-likeness (QED) is 0.396. The summed E-state index contributed by atoms with van der Waals surface area (Å²) in [6.45, 7) is 8.79. The molecule has 0 unspecified atom stereocenters. The predicted molar refractivity (Wildman–Crippen MR) is 71.6 cm³/mol. The lowest BCUT2D eigenvalue weighted by Crippen LogP contribution is -2.51. The lowest BCUT2D eigenvalue weighted by atomic mass is 9.78. The Morgan fingerprint density at radius 3 is 2.41 bits per heavy atom. The van der Waals surface area contributed by atoms with Crippen molar-refractivity contribution in [1.82, 2.24) is 9.71 Å². The van der Waals surface area contributed by atoms with Crippen LogP contribution in [0.15, 0.2) is 36.4 Å². The zero-order valence-corrected chi connectivity index (χ0v) is 10.4. The van der Waals surface area contributed by atoms with Gasteiger partial charge in [-0.1, -0.05) is 36.4 Å². The van der Waals surface area contributed by atoms with Gasteiger partial charge in [-0.15, -0.1) is 0 Å². The minimum Gasteiger partial charge on any atom is -0.356 e. The van der Waals surface area contributed by atoms with Crippen LogP contribution in [0.25, 0.3) is 0 Å². The number of aliphatic hydroxyl groups is 2. The average Bonchev–Trinajstić information content (AvgIpc) is 2.30. The second-order valence-electron chi connectivity index (χ2n) is 4.14. The van der Waals surface area contributed by atoms with Crippen molar-refractivity contribution in [2.45, 2.75) is 13.3 Å². The van der Waals surface area contributed by atoms with Crippen LogP contribution in [-0.4, -0.2) is 59.9 Å². The number of nitrogens with zero attached hydrogens (tertiary/aromatic N) is 2. The molecule has 0 radical (unpaired) electrons. The van der Waals surface area contributed by atoms with Gasteiger partial charge in [-0.3, -0.25) is 4.90 Å². The third-order valence-electron chi connectivity index (χ3n) is 2.85. The zero-order chi connectivity index (χ0) is 12.7. The minimum absolute atomic E-state index is 0.689. The van der Waals surface area contributed by atoms with Crippen molar-refractivity contribution >= 4 is 7.41 Å². The summed E-state index contributed by atoms with van der Waals surface area (Å²) in [6.07, 6.45) is 6.57. The molecule has 94 valence electrons. The van der Waals surface area contributed by atoms with E-state index in [9.17, 15) is 0 Å². The van der Waals surface area contributed by atoms with Crippen molar-refractivity contribution in [2.24, 2.45) is 0 Å². The normalized spacial score (nSPS) is 20.1. The fourth-order valence-electron chi connectivity index (χ4n) is 1.94. The van der Waals surface area contributed by atoms with Gasteiger partial charge in [0.2, 0.25) is 13.8 Å². The number of allylic oxidation sites excluding steroid dienone is 5. The standard InChI is InChI=1S/C12H21BN2O2/c1-3-5-11(6-4-2)13-15-9-7-14(8-10-15)12(16)17/h3-6,12-13,16-17H,1,7-10H2,2H3/b6-4-,11-5+. The first kappa shape index (κ1) is 14.2. The summed E-state index contributed by atoms with van der Waals surface area (Å²) in [5, 5.41) is 18.1. The maximum atomic E-state index is 9.04. The molecule has 2 N–H and O–H groups in total. The summed E-state index contributed by atoms with van der Waals surface area (Å²) in [5.41, 5.74) is 1.22. The van der Waals surface area contributed by atoms with E-state index >= 15 is 0 Å². The molecular formula is C12H21BN2O2. The number of hydrogen-bond acceptors (Lipinski definition) is 4. The molecule has 0 aromatic heterocycles. The van der Waals surface area contributed by atoms with E-state index in [-0.39, 0.29) is 0 Å². The van der Waals surface area contributed by atoms with Crippen molar-refractivity contribution in [3.8, 4) is 0 Å². The first-order chi connectivity index (χ1) is 8.17. The molecule has 0 aliphatic carbocycles. The molecule has 17 heavy (non-hydrogen) atoms. The van der Waals surface area contributed by atoms with Crippen LogP contribution in [0.5, 0.6) is 0 Å². The van der Waals surface area contributed by atoms with Crippen LogP contribution >= 0.6 is 0 Å². The van der Waals surface area contributed by atoms with E-state index in [1.165, 1.54) is 5.47 Å². The molecule has 1 saturated heterocycles. The van der Waals surface area contributed by atoms with E-state index in [1.54, 1.807) is 11.0 Å². The van der Waals surface area contributed by atoms with Crippen LogP contribution in [0.2, 0.25) is 0 Å². The van der Waals surface area contributed by atoms with Crippen LogP contribution in [0, 0.1) is 0 Å². The molecule has 0 aromatic carbocycles. The molecule has 0 bridgehead atoms. The maximum absolute atomic E-state index is 9.04. The Kier molecular flexibility index (Phi) is 6.22. The Bertz CT molecular complexity index is 295. The Morgan fingerprint density at radius 2 is 1.94 bits per heavy atom. The van der Waals surface area contributed by atoms with E-state index in [2.05, 4.69) is 17.5 Å². The molecule has 0 amide bonds. The van der Waals surface area contributed by atoms with Crippen molar-refractivity contribution in [1.29, 1.82) is 0 Å². The summed E-state index contributed by atoms with van der Waals surface area (Å²) in [4.78, 5) is 3.96. The van der Waals surface area contributed by atoms with Gasteiger partial charge in [0.1, 0.15) is 0 Å². The number of rotatable bonds is 5. The van der Waals surface area contributed by atoms with Gasteiger partial charge in [-0.2, -0.15) is 0 Å². The molecule has 0 spiro atoms. The smallest absolute Gasteiger partial charge is 0.238 e. The van der Waals surface area contributed by atoms with Crippen LogP contribution in [0.3, 0.4) is 0 Å². The highest BCUT2D eigenvalue weighted by Gasteiger charge is 2.21. The third kappa shape index (κ3) is 4.87. The van der Waals surface area contributed by atoms with Gasteiger partial charge in [0.15, 0.2) is 0 Å². The van der Waals surface area contributed by atoms with E-state index in [1.807, 2.05) is 19.1 Å². The topological polar surface area (TPSA) is 46.9 Å². The largest absolute Gasteiger partial charge is 0.356 e. The third-order valence-corrected chi connectivity index (χ3v) is 2.85. The average molecular weight is 236 g/mol. The Balaban J connectivity index is 2.44. The molecular weight excluding hydrogens is 215 g/mol. The van der Waals surface area contributed by atoms with Gasteiger partial charge in [0.25, 0.3) is 0 Å². The molecule has 0 atom stereocenters. The molecule has 4 nitrogen and oxygen atoms in total. The summed E-state index contributed by atoms with van der Waals surface area (Å²) in [5.74, 6) is 0. The first-order valence-electron chi connectivity index (χ1n) is 5.94. The van der Waals surface area contributed by atoms with Crippen molar-refractivity contribution in [3.05, 3.63) is 36.4 Å². The van der Waals surface area contributed by atoms with Crippen molar-refractivity contribution in [3.63, 3.8) is 0 Å². The van der Waals surface area contributed by atoms with Gasteiger partial charge >= 0.3 is 0 Å². The summed E-state index contributed by atoms with van der Waals surface area (Å²) in [7, 11) is 0.881.